The Morgan fingerprint density at radius 2 is 1.79 bits per heavy atom. The second-order valence-corrected chi connectivity index (χ2v) is 24.3. The van der Waals surface area contributed by atoms with Crippen molar-refractivity contribution in [3.05, 3.63) is 53.4 Å². The smallest absolute Gasteiger partial charge is 0.317 e. The molecule has 63 heavy (non-hydrogen) atoms. The van der Waals surface area contributed by atoms with Gasteiger partial charge in [-0.15, -0.1) is 5.54 Å². The van der Waals surface area contributed by atoms with E-state index in [9.17, 15) is 14.4 Å². The van der Waals surface area contributed by atoms with E-state index in [1.54, 1.807) is 30.1 Å². The molecular weight excluding hydrogens is 826 g/mol. The number of aromatic nitrogens is 3. The summed E-state index contributed by atoms with van der Waals surface area (Å²) in [6.07, 6.45) is 2.42. The predicted octanol–water partition coefficient (Wildman–Crippen LogP) is 7.31. The van der Waals surface area contributed by atoms with E-state index in [0.29, 0.717) is 42.6 Å². The van der Waals surface area contributed by atoms with Crippen LogP contribution in [0, 0.1) is 34.4 Å². The molecule has 1 N–H and O–H groups in total. The standard InChI is InChI=1S/C47H57F3N8O4Si/c1-28(2)63(29(3)4,30(5)6)17-12-34-37(49)11-10-31-18-33(62-27-60-8)19-35(39(31)34)41-40(50)42-36(21-52-41)43(44-47(24-51,25-53-44)58-16-15-56(7)38(59)23-58)55-45(54-42)61-26-46-13-9-14-57(46)22-32(48)20-46/h10-11,18-19,21,28-30,32,44,53H,9,13-16,20,22-23,25-27H2,1-8H3/t32-,44?,46+,47?/m1/s1. The van der Waals surface area contributed by atoms with E-state index in [4.69, 9.17) is 24.2 Å². The van der Waals surface area contributed by atoms with Gasteiger partial charge >= 0.3 is 6.01 Å². The molecule has 2 aromatic heterocycles. The number of rotatable bonds is 12. The molecule has 4 saturated heterocycles. The number of piperazine rings is 1. The van der Waals surface area contributed by atoms with Crippen molar-refractivity contribution < 1.29 is 32.2 Å². The van der Waals surface area contributed by atoms with Gasteiger partial charge in [0.1, 0.15) is 49.2 Å². The van der Waals surface area contributed by atoms with Gasteiger partial charge in [-0.25, -0.2) is 13.2 Å². The van der Waals surface area contributed by atoms with Crippen molar-refractivity contribution in [1.82, 2.24) is 35.0 Å². The van der Waals surface area contributed by atoms with Crippen LogP contribution in [-0.4, -0.2) is 128 Å². The molecule has 6 heterocycles. The monoisotopic (exact) mass is 882 g/mol. The molecule has 12 nitrogen and oxygen atoms in total. The Hall–Kier alpha value is -4.84. The lowest BCUT2D eigenvalue weighted by Crippen LogP contribution is -2.72. The number of pyridine rings is 1. The Morgan fingerprint density at radius 1 is 1.03 bits per heavy atom. The van der Waals surface area contributed by atoms with Crippen molar-refractivity contribution in [3.8, 4) is 40.6 Å². The van der Waals surface area contributed by atoms with Crippen molar-refractivity contribution in [2.45, 2.75) is 101 Å². The molecule has 1 amide bonds. The number of nitrogens with zero attached hydrogens (tertiary/aromatic N) is 7. The van der Waals surface area contributed by atoms with E-state index in [1.165, 1.54) is 19.4 Å². The fourth-order valence-corrected chi connectivity index (χ4v) is 16.2. The van der Waals surface area contributed by atoms with Gasteiger partial charge in [0.05, 0.1) is 35.5 Å². The maximum absolute atomic E-state index is 17.9. The van der Waals surface area contributed by atoms with Crippen LogP contribution in [0.5, 0.6) is 11.8 Å². The highest BCUT2D eigenvalue weighted by Crippen LogP contribution is 2.45. The molecule has 0 radical (unpaired) electrons. The van der Waals surface area contributed by atoms with Crippen LogP contribution in [0.25, 0.3) is 32.9 Å². The summed E-state index contributed by atoms with van der Waals surface area (Å²) in [5.41, 5.74) is 3.15. The van der Waals surface area contributed by atoms with Gasteiger partial charge in [0.2, 0.25) is 5.91 Å². The number of likely N-dealkylation sites (N-methyl/N-ethyl adjacent to an activating group) is 1. The van der Waals surface area contributed by atoms with Crippen LogP contribution in [0.1, 0.15) is 78.1 Å². The van der Waals surface area contributed by atoms with E-state index in [-0.39, 0.29) is 88.4 Å². The molecule has 4 aromatic rings. The minimum absolute atomic E-state index is 0.0274. The van der Waals surface area contributed by atoms with E-state index in [2.05, 4.69) is 74.3 Å². The molecule has 334 valence electrons. The Kier molecular flexibility index (Phi) is 12.3. The number of alkyl halides is 1. The number of halogens is 3. The third kappa shape index (κ3) is 7.61. The summed E-state index contributed by atoms with van der Waals surface area (Å²) in [5.74, 6) is 2.16. The number of hydrogen-bond donors (Lipinski definition) is 1. The zero-order valence-electron chi connectivity index (χ0n) is 37.4. The Balaban J connectivity index is 1.33. The highest BCUT2D eigenvalue weighted by Gasteiger charge is 2.55. The van der Waals surface area contributed by atoms with Gasteiger partial charge in [0.25, 0.3) is 0 Å². The first-order valence-corrected chi connectivity index (χ1v) is 24.3. The number of hydrogen-bond acceptors (Lipinski definition) is 11. The van der Waals surface area contributed by atoms with Crippen LogP contribution < -0.4 is 14.8 Å². The summed E-state index contributed by atoms with van der Waals surface area (Å²) in [4.78, 5) is 32.8. The number of benzene rings is 2. The van der Waals surface area contributed by atoms with Crippen LogP contribution in [-0.2, 0) is 9.53 Å². The highest BCUT2D eigenvalue weighted by atomic mass is 28.3. The lowest BCUT2D eigenvalue weighted by molar-refractivity contribution is -0.138. The second kappa shape index (κ2) is 17.3. The average molecular weight is 883 g/mol. The van der Waals surface area contributed by atoms with Gasteiger partial charge in [-0.1, -0.05) is 53.5 Å². The Bertz CT molecular complexity index is 2520. The molecule has 4 fully saturated rings. The van der Waals surface area contributed by atoms with E-state index >= 15 is 8.78 Å². The molecule has 4 atom stereocenters. The summed E-state index contributed by atoms with van der Waals surface area (Å²) >= 11 is 0. The van der Waals surface area contributed by atoms with Crippen molar-refractivity contribution >= 4 is 35.7 Å². The van der Waals surface area contributed by atoms with Gasteiger partial charge in [0.15, 0.2) is 12.6 Å². The number of carbonyl (C=O) groups is 1. The molecule has 8 rings (SSSR count). The van der Waals surface area contributed by atoms with Crippen LogP contribution in [0.3, 0.4) is 0 Å². The first-order valence-electron chi connectivity index (χ1n) is 22.0. The summed E-state index contributed by atoms with van der Waals surface area (Å²) in [7, 11) is 0.876. The largest absolute Gasteiger partial charge is 0.468 e. The van der Waals surface area contributed by atoms with Crippen LogP contribution in [0.4, 0.5) is 13.2 Å². The Labute approximate surface area is 368 Å². The lowest BCUT2D eigenvalue weighted by Gasteiger charge is -2.53. The third-order valence-corrected chi connectivity index (χ3v) is 20.7. The Morgan fingerprint density at radius 3 is 2.46 bits per heavy atom. The van der Waals surface area contributed by atoms with E-state index < -0.39 is 43.0 Å². The topological polar surface area (TPSA) is 129 Å². The minimum Gasteiger partial charge on any atom is -0.468 e. The first-order chi connectivity index (χ1) is 30.1. The molecule has 4 aliphatic rings. The highest BCUT2D eigenvalue weighted by molar-refractivity contribution is 6.90. The number of carbonyl (C=O) groups excluding carboxylic acids is 1. The predicted molar refractivity (Wildman–Crippen MR) is 237 cm³/mol. The fraction of sp³-hybridized carbons (Fsp3) is 0.553. The van der Waals surface area contributed by atoms with Gasteiger partial charge < -0.3 is 24.4 Å². The number of methoxy groups -OCH3 is 1. The lowest BCUT2D eigenvalue weighted by atomic mass is 9.78. The van der Waals surface area contributed by atoms with Crippen molar-refractivity contribution in [3.63, 3.8) is 0 Å². The van der Waals surface area contributed by atoms with Crippen LogP contribution in [0.15, 0.2) is 30.5 Å². The first kappa shape index (κ1) is 44.8. The third-order valence-electron chi connectivity index (χ3n) is 14.4. The van der Waals surface area contributed by atoms with Crippen molar-refractivity contribution in [2.24, 2.45) is 0 Å². The second-order valence-electron chi connectivity index (χ2n) is 18.7. The number of amides is 1. The van der Waals surface area contributed by atoms with Gasteiger partial charge in [-0.3, -0.25) is 19.6 Å². The number of nitrogens with one attached hydrogen (secondary N) is 1. The maximum Gasteiger partial charge on any atom is 0.317 e. The number of fused-ring (bicyclic) bond motifs is 3. The zero-order valence-corrected chi connectivity index (χ0v) is 38.4. The molecule has 0 saturated carbocycles. The number of ether oxygens (including phenoxy) is 3. The van der Waals surface area contributed by atoms with Gasteiger partial charge in [0, 0.05) is 69.3 Å². The zero-order chi connectivity index (χ0) is 45.0. The van der Waals surface area contributed by atoms with Gasteiger partial charge in [-0.2, -0.15) is 15.2 Å². The molecule has 0 bridgehead atoms. The molecular formula is C47H57F3N8O4Si. The molecule has 16 heteroatoms. The fourth-order valence-electron chi connectivity index (χ4n) is 11.0. The quantitative estimate of drug-likeness (QED) is 0.0874. The van der Waals surface area contributed by atoms with E-state index in [1.807, 2.05) is 4.90 Å². The molecule has 0 spiro atoms. The molecule has 2 unspecified atom stereocenters. The summed E-state index contributed by atoms with van der Waals surface area (Å²) in [6, 6.07) is 7.90. The molecule has 0 aliphatic carbocycles. The SMILES string of the molecule is COCOc1cc(-c2ncc3c(C4NCC4(C#N)N4CCN(C)C(=O)C4)nc(OC[C@@]45CCCN4C[C@H](F)C5)nc3c2F)c2c(C#C[Si](C(C)C)(C(C)C)C(C)C)c(F)ccc2c1. The number of nitriles is 1. The summed E-state index contributed by atoms with van der Waals surface area (Å²) < 4.78 is 66.5. The van der Waals surface area contributed by atoms with Crippen LogP contribution in [0.2, 0.25) is 16.6 Å². The van der Waals surface area contributed by atoms with E-state index in [0.717, 1.165) is 19.4 Å². The van der Waals surface area contributed by atoms with Gasteiger partial charge in [-0.05, 0) is 59.6 Å². The summed E-state index contributed by atoms with van der Waals surface area (Å²) in [6.45, 7) is 15.3. The normalized spacial score (nSPS) is 24.3. The minimum atomic E-state index is -2.35. The molecule has 2 aromatic carbocycles. The molecule has 4 aliphatic heterocycles. The van der Waals surface area contributed by atoms with Crippen molar-refractivity contribution in [1.29, 1.82) is 5.26 Å². The van der Waals surface area contributed by atoms with Crippen molar-refractivity contribution in [2.75, 3.05) is 66.8 Å². The average Bonchev–Trinajstić information content (AvgIpc) is 3.76. The van der Waals surface area contributed by atoms with Crippen LogP contribution >= 0.6 is 0 Å². The summed E-state index contributed by atoms with van der Waals surface area (Å²) in [5, 5.41) is 15.3. The maximum atomic E-state index is 17.9.